The van der Waals surface area contributed by atoms with Crippen molar-refractivity contribution in [1.29, 1.82) is 0 Å². The third-order valence-electron chi connectivity index (χ3n) is 3.83. The second-order valence-electron chi connectivity index (χ2n) is 5.88. The van der Waals surface area contributed by atoms with Gasteiger partial charge in [-0.15, -0.1) is 11.3 Å². The van der Waals surface area contributed by atoms with Crippen molar-refractivity contribution in [2.45, 2.75) is 18.9 Å². The number of nitrogens with one attached hydrogen (secondary N) is 2. The molecule has 24 heavy (non-hydrogen) atoms. The molecule has 1 aromatic carbocycles. The number of hydrogen-bond donors (Lipinski definition) is 2. The van der Waals surface area contributed by atoms with Crippen LogP contribution in [-0.2, 0) is 4.79 Å². The van der Waals surface area contributed by atoms with Crippen LogP contribution in [0, 0.1) is 0 Å². The standard InChI is InChI=1S/C18H21ClN2O2S/c1-21(2)15(17-4-3-11-24-17)12-20-18(23)10-9-16(22)13-5-7-14(19)8-6-13/h3-8,11,15H,9-10,12H2,1-2H3,(H,20,23)/p+1/t15-/m1/s1. The van der Waals surface area contributed by atoms with E-state index in [1.165, 1.54) is 9.78 Å². The molecule has 2 N–H and O–H groups in total. The number of quaternary nitrogens is 1. The zero-order valence-corrected chi connectivity index (χ0v) is 15.4. The van der Waals surface area contributed by atoms with E-state index in [1.54, 1.807) is 35.6 Å². The molecule has 0 unspecified atom stereocenters. The largest absolute Gasteiger partial charge is 0.350 e. The van der Waals surface area contributed by atoms with E-state index in [2.05, 4.69) is 25.5 Å². The second kappa shape index (κ2) is 8.97. The van der Waals surface area contributed by atoms with Crippen molar-refractivity contribution in [1.82, 2.24) is 5.32 Å². The van der Waals surface area contributed by atoms with Gasteiger partial charge in [0.1, 0.15) is 6.04 Å². The Bertz CT molecular complexity index is 669. The van der Waals surface area contributed by atoms with Gasteiger partial charge in [0.25, 0.3) is 0 Å². The number of carbonyl (C=O) groups excluding carboxylic acids is 2. The average molecular weight is 366 g/mol. The molecule has 1 atom stereocenters. The maximum Gasteiger partial charge on any atom is 0.220 e. The first-order valence-corrected chi connectivity index (χ1v) is 9.12. The minimum absolute atomic E-state index is 0.0464. The monoisotopic (exact) mass is 365 g/mol. The van der Waals surface area contributed by atoms with Crippen molar-refractivity contribution >= 4 is 34.6 Å². The Balaban J connectivity index is 1.80. The van der Waals surface area contributed by atoms with Gasteiger partial charge in [0, 0.05) is 23.4 Å². The van der Waals surface area contributed by atoms with E-state index in [1.807, 2.05) is 11.4 Å². The summed E-state index contributed by atoms with van der Waals surface area (Å²) in [6.07, 6.45) is 0.396. The van der Waals surface area contributed by atoms with Crippen LogP contribution >= 0.6 is 22.9 Å². The molecule has 1 amide bonds. The lowest BCUT2D eigenvalue weighted by atomic mass is 10.1. The Morgan fingerprint density at radius 3 is 2.46 bits per heavy atom. The van der Waals surface area contributed by atoms with Crippen molar-refractivity contribution in [2.75, 3.05) is 20.6 Å². The van der Waals surface area contributed by atoms with Crippen LogP contribution in [0.1, 0.15) is 34.1 Å². The number of Topliss-reactive ketones (excluding diaryl/α,β-unsaturated/α-hetero) is 1. The molecule has 0 aliphatic rings. The lowest BCUT2D eigenvalue weighted by Gasteiger charge is -2.20. The molecule has 1 aromatic heterocycles. The predicted octanol–water partition coefficient (Wildman–Crippen LogP) is 2.37. The summed E-state index contributed by atoms with van der Waals surface area (Å²) in [6.45, 7) is 0.566. The number of halogens is 1. The topological polar surface area (TPSA) is 50.6 Å². The molecule has 0 saturated carbocycles. The summed E-state index contributed by atoms with van der Waals surface area (Å²) in [6, 6.07) is 11.1. The van der Waals surface area contributed by atoms with Gasteiger partial charge in [-0.25, -0.2) is 0 Å². The molecule has 0 aliphatic heterocycles. The van der Waals surface area contributed by atoms with Crippen LogP contribution in [-0.4, -0.2) is 32.3 Å². The zero-order chi connectivity index (χ0) is 17.5. The molecule has 0 fully saturated rings. The van der Waals surface area contributed by atoms with Gasteiger partial charge < -0.3 is 10.2 Å². The maximum absolute atomic E-state index is 12.1. The number of likely N-dealkylation sites (N-methyl/N-ethyl adjacent to an activating group) is 1. The van der Waals surface area contributed by atoms with E-state index in [4.69, 9.17) is 11.6 Å². The first-order valence-electron chi connectivity index (χ1n) is 7.86. The van der Waals surface area contributed by atoms with Crippen LogP contribution in [0.25, 0.3) is 0 Å². The minimum Gasteiger partial charge on any atom is -0.350 e. The van der Waals surface area contributed by atoms with Crippen LogP contribution in [0.2, 0.25) is 5.02 Å². The smallest absolute Gasteiger partial charge is 0.220 e. The first kappa shape index (κ1) is 18.6. The van der Waals surface area contributed by atoms with E-state index in [9.17, 15) is 9.59 Å². The zero-order valence-electron chi connectivity index (χ0n) is 13.8. The Hall–Kier alpha value is -1.69. The predicted molar refractivity (Wildman–Crippen MR) is 97.9 cm³/mol. The van der Waals surface area contributed by atoms with Gasteiger partial charge in [0.15, 0.2) is 5.78 Å². The molecular formula is C18H22ClN2O2S+. The van der Waals surface area contributed by atoms with E-state index in [0.29, 0.717) is 17.1 Å². The number of benzene rings is 1. The van der Waals surface area contributed by atoms with Crippen molar-refractivity contribution in [3.63, 3.8) is 0 Å². The summed E-state index contributed by atoms with van der Waals surface area (Å²) >= 11 is 7.50. The van der Waals surface area contributed by atoms with Crippen LogP contribution in [0.4, 0.5) is 0 Å². The van der Waals surface area contributed by atoms with Crippen LogP contribution < -0.4 is 10.2 Å². The molecule has 1 heterocycles. The maximum atomic E-state index is 12.1. The van der Waals surface area contributed by atoms with Crippen LogP contribution in [0.5, 0.6) is 0 Å². The minimum atomic E-state index is -0.0971. The van der Waals surface area contributed by atoms with E-state index < -0.39 is 0 Å². The highest BCUT2D eigenvalue weighted by molar-refractivity contribution is 7.10. The highest BCUT2D eigenvalue weighted by atomic mass is 35.5. The van der Waals surface area contributed by atoms with Crippen molar-refractivity contribution in [2.24, 2.45) is 0 Å². The normalized spacial score (nSPS) is 12.2. The van der Waals surface area contributed by atoms with Crippen molar-refractivity contribution < 1.29 is 14.5 Å². The molecule has 0 spiro atoms. The van der Waals surface area contributed by atoms with Gasteiger partial charge in [-0.3, -0.25) is 9.59 Å². The summed E-state index contributed by atoms with van der Waals surface area (Å²) in [5.74, 6) is -0.144. The number of rotatable bonds is 8. The number of hydrogen-bond acceptors (Lipinski definition) is 3. The third-order valence-corrected chi connectivity index (χ3v) is 5.07. The molecule has 2 rings (SSSR count). The summed E-state index contributed by atoms with van der Waals surface area (Å²) in [5.41, 5.74) is 0.585. The van der Waals surface area contributed by atoms with Gasteiger partial charge in [-0.1, -0.05) is 17.7 Å². The van der Waals surface area contributed by atoms with E-state index in [-0.39, 0.29) is 30.6 Å². The van der Waals surface area contributed by atoms with Gasteiger partial charge in [-0.05, 0) is 35.7 Å². The highest BCUT2D eigenvalue weighted by Gasteiger charge is 2.19. The van der Waals surface area contributed by atoms with Crippen molar-refractivity contribution in [3.8, 4) is 0 Å². The molecule has 0 radical (unpaired) electrons. The number of amides is 1. The Morgan fingerprint density at radius 1 is 1.17 bits per heavy atom. The fourth-order valence-electron chi connectivity index (χ4n) is 2.39. The molecule has 128 valence electrons. The fourth-order valence-corrected chi connectivity index (χ4v) is 3.47. The molecule has 4 nitrogen and oxygen atoms in total. The van der Waals surface area contributed by atoms with Gasteiger partial charge in [0.05, 0.1) is 25.5 Å². The van der Waals surface area contributed by atoms with Gasteiger partial charge >= 0.3 is 0 Å². The quantitative estimate of drug-likeness (QED) is 0.705. The molecule has 0 aliphatic carbocycles. The van der Waals surface area contributed by atoms with Crippen molar-refractivity contribution in [3.05, 3.63) is 57.2 Å². The summed E-state index contributed by atoms with van der Waals surface area (Å²) in [4.78, 5) is 26.6. The van der Waals surface area contributed by atoms with Crippen LogP contribution in [0.3, 0.4) is 0 Å². The molecule has 0 saturated heterocycles. The summed E-state index contributed by atoms with van der Waals surface area (Å²) < 4.78 is 0. The molecular weight excluding hydrogens is 344 g/mol. The second-order valence-corrected chi connectivity index (χ2v) is 7.30. The average Bonchev–Trinajstić information content (AvgIpc) is 3.07. The van der Waals surface area contributed by atoms with E-state index >= 15 is 0 Å². The Labute approximate surface area is 151 Å². The SMILES string of the molecule is C[NH+](C)[C@H](CNC(=O)CCC(=O)c1ccc(Cl)cc1)c1cccs1. The third kappa shape index (κ3) is 5.44. The first-order chi connectivity index (χ1) is 11.5. The Morgan fingerprint density at radius 2 is 1.88 bits per heavy atom. The van der Waals surface area contributed by atoms with Crippen LogP contribution in [0.15, 0.2) is 41.8 Å². The highest BCUT2D eigenvalue weighted by Crippen LogP contribution is 2.16. The number of thiophene rings is 1. The van der Waals surface area contributed by atoms with Gasteiger partial charge in [0.2, 0.25) is 5.91 Å². The van der Waals surface area contributed by atoms with Gasteiger partial charge in [-0.2, -0.15) is 0 Å². The lowest BCUT2D eigenvalue weighted by molar-refractivity contribution is -0.890. The number of ketones is 1. The molecule has 2 aromatic rings. The molecule has 0 bridgehead atoms. The summed E-state index contributed by atoms with van der Waals surface area (Å²) in [7, 11) is 4.14. The number of carbonyl (C=O) groups is 2. The fraction of sp³-hybridized carbons (Fsp3) is 0.333. The Kier molecular flexibility index (Phi) is 6.97. The summed E-state index contributed by atoms with van der Waals surface area (Å²) in [5, 5.41) is 5.57. The lowest BCUT2D eigenvalue weighted by Crippen LogP contribution is -3.06. The van der Waals surface area contributed by atoms with E-state index in [0.717, 1.165) is 0 Å². The molecule has 6 heteroatoms.